The highest BCUT2D eigenvalue weighted by Gasteiger charge is 2.03. The van der Waals surface area contributed by atoms with E-state index in [4.69, 9.17) is 5.11 Å². The molecule has 0 aliphatic carbocycles. The summed E-state index contributed by atoms with van der Waals surface area (Å²) in [7, 11) is 0. The second-order valence-electron chi connectivity index (χ2n) is 5.43. The van der Waals surface area contributed by atoms with E-state index in [2.05, 4.69) is 18.8 Å². The predicted molar refractivity (Wildman–Crippen MR) is 90.7 cm³/mol. The Kier molecular flexibility index (Phi) is 5.82. The highest BCUT2D eigenvalue weighted by atomic mass is 16.4. The molecular formula is C20H20O3. The minimum atomic E-state index is -0.943. The number of carboxylic acids is 1. The highest BCUT2D eigenvalue weighted by Crippen LogP contribution is 2.18. The Morgan fingerprint density at radius 3 is 2.43 bits per heavy atom. The molecule has 23 heavy (non-hydrogen) atoms. The van der Waals surface area contributed by atoms with Crippen molar-refractivity contribution < 1.29 is 15.0 Å². The van der Waals surface area contributed by atoms with E-state index in [1.54, 1.807) is 36.4 Å². The SMILES string of the molecule is CCCCCc1cc(O)ccc1C#Cc1ccc(C(=O)O)cc1. The van der Waals surface area contributed by atoms with Gasteiger partial charge in [-0.05, 0) is 60.9 Å². The van der Waals surface area contributed by atoms with Gasteiger partial charge in [-0.3, -0.25) is 0 Å². The minimum Gasteiger partial charge on any atom is -0.508 e. The number of aromatic carboxylic acids is 1. The van der Waals surface area contributed by atoms with Crippen LogP contribution in [-0.2, 0) is 6.42 Å². The van der Waals surface area contributed by atoms with Crippen molar-refractivity contribution in [2.45, 2.75) is 32.6 Å². The van der Waals surface area contributed by atoms with E-state index < -0.39 is 5.97 Å². The van der Waals surface area contributed by atoms with E-state index in [0.717, 1.165) is 42.4 Å². The van der Waals surface area contributed by atoms with Gasteiger partial charge in [-0.25, -0.2) is 4.79 Å². The summed E-state index contributed by atoms with van der Waals surface area (Å²) >= 11 is 0. The molecule has 2 aromatic rings. The molecule has 2 aromatic carbocycles. The number of aryl methyl sites for hydroxylation is 1. The number of hydrogen-bond acceptors (Lipinski definition) is 2. The normalized spacial score (nSPS) is 9.96. The molecule has 0 fully saturated rings. The first-order valence-corrected chi connectivity index (χ1v) is 7.77. The maximum absolute atomic E-state index is 10.8. The van der Waals surface area contributed by atoms with E-state index in [9.17, 15) is 9.90 Å². The number of hydrogen-bond donors (Lipinski definition) is 2. The number of aromatic hydroxyl groups is 1. The van der Waals surface area contributed by atoms with Crippen LogP contribution in [0.25, 0.3) is 0 Å². The molecule has 0 spiro atoms. The van der Waals surface area contributed by atoms with Crippen LogP contribution in [0.4, 0.5) is 0 Å². The molecule has 3 nitrogen and oxygen atoms in total. The molecule has 0 saturated heterocycles. The first kappa shape index (κ1) is 16.6. The molecule has 0 aliphatic heterocycles. The largest absolute Gasteiger partial charge is 0.508 e. The van der Waals surface area contributed by atoms with Gasteiger partial charge in [-0.2, -0.15) is 0 Å². The van der Waals surface area contributed by atoms with Crippen LogP contribution in [0.5, 0.6) is 5.75 Å². The summed E-state index contributed by atoms with van der Waals surface area (Å²) in [6.45, 7) is 2.16. The van der Waals surface area contributed by atoms with Gasteiger partial charge in [0.1, 0.15) is 5.75 Å². The molecule has 0 atom stereocenters. The van der Waals surface area contributed by atoms with Crippen LogP contribution in [0.3, 0.4) is 0 Å². The monoisotopic (exact) mass is 308 g/mol. The minimum absolute atomic E-state index is 0.250. The van der Waals surface area contributed by atoms with Crippen molar-refractivity contribution in [3.8, 4) is 17.6 Å². The van der Waals surface area contributed by atoms with Crippen LogP contribution < -0.4 is 0 Å². The molecule has 0 bridgehead atoms. The van der Waals surface area contributed by atoms with E-state index in [1.165, 1.54) is 0 Å². The van der Waals surface area contributed by atoms with Gasteiger partial charge in [0.2, 0.25) is 0 Å². The van der Waals surface area contributed by atoms with E-state index in [0.29, 0.717) is 0 Å². The lowest BCUT2D eigenvalue weighted by Crippen LogP contribution is -1.95. The Hall–Kier alpha value is -2.73. The molecule has 3 heteroatoms. The van der Waals surface area contributed by atoms with E-state index in [1.807, 2.05) is 6.07 Å². The van der Waals surface area contributed by atoms with Crippen molar-refractivity contribution in [3.05, 3.63) is 64.7 Å². The van der Waals surface area contributed by atoms with E-state index >= 15 is 0 Å². The number of phenols is 1. The number of carboxylic acid groups (broad SMARTS) is 1. The summed E-state index contributed by atoms with van der Waals surface area (Å²) in [5.41, 5.74) is 2.97. The zero-order valence-electron chi connectivity index (χ0n) is 13.2. The van der Waals surface area contributed by atoms with Crippen molar-refractivity contribution in [3.63, 3.8) is 0 Å². The smallest absolute Gasteiger partial charge is 0.335 e. The number of carbonyl (C=O) groups is 1. The highest BCUT2D eigenvalue weighted by molar-refractivity contribution is 5.87. The van der Waals surface area contributed by atoms with Gasteiger partial charge in [0.25, 0.3) is 0 Å². The standard InChI is InChI=1S/C20H20O3/c1-2-3-4-5-18-14-19(21)13-12-16(18)9-6-15-7-10-17(11-8-15)20(22)23/h7-8,10-14,21H,2-5H2,1H3,(H,22,23). The van der Waals surface area contributed by atoms with Crippen LogP contribution in [0.15, 0.2) is 42.5 Å². The average molecular weight is 308 g/mol. The second kappa shape index (κ2) is 8.05. The Labute approximate surface area is 136 Å². The number of phenolic OH excluding ortho intramolecular Hbond substituents is 1. The molecular weight excluding hydrogens is 288 g/mol. The lowest BCUT2D eigenvalue weighted by atomic mass is 10.0. The molecule has 0 amide bonds. The first-order valence-electron chi connectivity index (χ1n) is 7.77. The zero-order chi connectivity index (χ0) is 16.7. The fraction of sp³-hybridized carbons (Fsp3) is 0.250. The molecule has 2 rings (SSSR count). The van der Waals surface area contributed by atoms with Crippen molar-refractivity contribution in [2.75, 3.05) is 0 Å². The third-order valence-corrected chi connectivity index (χ3v) is 3.61. The summed E-state index contributed by atoms with van der Waals surface area (Å²) in [6.07, 6.45) is 4.26. The fourth-order valence-corrected chi connectivity index (χ4v) is 2.31. The van der Waals surface area contributed by atoms with Crippen LogP contribution in [0, 0.1) is 11.8 Å². The summed E-state index contributed by atoms with van der Waals surface area (Å²) in [6, 6.07) is 11.7. The third kappa shape index (κ3) is 4.89. The van der Waals surface area contributed by atoms with Crippen LogP contribution in [0.1, 0.15) is 53.2 Å². The van der Waals surface area contributed by atoms with Crippen LogP contribution in [0.2, 0.25) is 0 Å². The van der Waals surface area contributed by atoms with Gasteiger partial charge in [0.05, 0.1) is 5.56 Å². The number of rotatable bonds is 5. The quantitative estimate of drug-likeness (QED) is 0.642. The van der Waals surface area contributed by atoms with Gasteiger partial charge in [0, 0.05) is 11.1 Å². The molecule has 118 valence electrons. The number of benzene rings is 2. The van der Waals surface area contributed by atoms with E-state index in [-0.39, 0.29) is 11.3 Å². The van der Waals surface area contributed by atoms with Crippen molar-refractivity contribution >= 4 is 5.97 Å². The van der Waals surface area contributed by atoms with Gasteiger partial charge in [-0.1, -0.05) is 31.6 Å². The summed E-state index contributed by atoms with van der Waals surface area (Å²) in [5.74, 6) is 5.49. The average Bonchev–Trinajstić information content (AvgIpc) is 2.54. The Morgan fingerprint density at radius 2 is 1.78 bits per heavy atom. The summed E-state index contributed by atoms with van der Waals surface area (Å²) in [5, 5.41) is 18.5. The van der Waals surface area contributed by atoms with Crippen LogP contribution in [-0.4, -0.2) is 16.2 Å². The summed E-state index contributed by atoms with van der Waals surface area (Å²) < 4.78 is 0. The molecule has 0 aliphatic rings. The predicted octanol–water partition coefficient (Wildman–Crippen LogP) is 4.22. The zero-order valence-corrected chi connectivity index (χ0v) is 13.2. The Bertz CT molecular complexity index is 734. The lowest BCUT2D eigenvalue weighted by Gasteiger charge is -2.05. The van der Waals surface area contributed by atoms with Gasteiger partial charge >= 0.3 is 5.97 Å². The topological polar surface area (TPSA) is 57.5 Å². The fourth-order valence-electron chi connectivity index (χ4n) is 2.31. The van der Waals surface area contributed by atoms with Gasteiger partial charge < -0.3 is 10.2 Å². The number of unbranched alkanes of at least 4 members (excludes halogenated alkanes) is 2. The molecule has 0 unspecified atom stereocenters. The molecule has 0 heterocycles. The van der Waals surface area contributed by atoms with Crippen LogP contribution >= 0.6 is 0 Å². The maximum Gasteiger partial charge on any atom is 0.335 e. The third-order valence-electron chi connectivity index (χ3n) is 3.61. The Morgan fingerprint density at radius 1 is 1.04 bits per heavy atom. The Balaban J connectivity index is 2.20. The van der Waals surface area contributed by atoms with Crippen molar-refractivity contribution in [1.82, 2.24) is 0 Å². The molecule has 2 N–H and O–H groups in total. The van der Waals surface area contributed by atoms with Crippen molar-refractivity contribution in [2.24, 2.45) is 0 Å². The maximum atomic E-state index is 10.8. The van der Waals surface area contributed by atoms with Gasteiger partial charge in [-0.15, -0.1) is 0 Å². The molecule has 0 saturated carbocycles. The molecule has 0 radical (unpaired) electrons. The molecule has 0 aromatic heterocycles. The summed E-state index contributed by atoms with van der Waals surface area (Å²) in [4.78, 5) is 10.8. The lowest BCUT2D eigenvalue weighted by molar-refractivity contribution is 0.0697. The van der Waals surface area contributed by atoms with Gasteiger partial charge in [0.15, 0.2) is 0 Å². The second-order valence-corrected chi connectivity index (χ2v) is 5.43. The van der Waals surface area contributed by atoms with Crippen molar-refractivity contribution in [1.29, 1.82) is 0 Å². The first-order chi connectivity index (χ1) is 11.1.